The Labute approximate surface area is 325 Å². The number of pyridine rings is 1. The van der Waals surface area contributed by atoms with Crippen molar-refractivity contribution in [3.63, 3.8) is 0 Å². The Balaban J connectivity index is 1.10. The van der Waals surface area contributed by atoms with Crippen LogP contribution in [0.3, 0.4) is 0 Å². The average Bonchev–Trinajstić information content (AvgIpc) is 3.90. The van der Waals surface area contributed by atoms with Crippen molar-refractivity contribution < 1.29 is 32.6 Å². The summed E-state index contributed by atoms with van der Waals surface area (Å²) in [5, 5.41) is 32.7. The van der Waals surface area contributed by atoms with Crippen LogP contribution in [0.15, 0.2) is 65.2 Å². The number of likely N-dealkylation sites (tertiary alicyclic amines) is 2. The molecule has 0 aliphatic carbocycles. The molecule has 0 spiro atoms. The summed E-state index contributed by atoms with van der Waals surface area (Å²) in [5.41, 5.74) is 6.58. The number of oxazole rings is 1. The quantitative estimate of drug-likeness (QED) is 0.132. The van der Waals surface area contributed by atoms with Gasteiger partial charge in [-0.1, -0.05) is 24.3 Å². The van der Waals surface area contributed by atoms with Crippen LogP contribution in [0.25, 0.3) is 44.7 Å². The molecule has 8 rings (SSSR count). The first-order chi connectivity index (χ1) is 27.2. The lowest BCUT2D eigenvalue weighted by Gasteiger charge is -2.20. The van der Waals surface area contributed by atoms with E-state index in [1.807, 2.05) is 49.1 Å². The van der Waals surface area contributed by atoms with Gasteiger partial charge in [-0.15, -0.1) is 0 Å². The van der Waals surface area contributed by atoms with Gasteiger partial charge >= 0.3 is 12.1 Å². The van der Waals surface area contributed by atoms with E-state index in [2.05, 4.69) is 31.2 Å². The van der Waals surface area contributed by atoms with Crippen LogP contribution in [-0.4, -0.2) is 78.2 Å². The van der Waals surface area contributed by atoms with Gasteiger partial charge in [0.05, 0.1) is 22.6 Å². The van der Waals surface area contributed by atoms with E-state index < -0.39 is 29.5 Å². The number of carboxylic acids is 1. The van der Waals surface area contributed by atoms with Gasteiger partial charge in [-0.2, -0.15) is 18.4 Å². The standard InChI is InChI=1S/C42H39F3N8O4/c1-23-29(6-4-8-31(23)38-49-34-15-25(14-27(17-46)36(34)57-38)19-53-13-11-41(3,22-53)40(55)56)30-7-5-9-32(24(30)2)48-37-35-33(50-39(51-37)42(43,44)45)16-26(18-47-35)20-52-12-10-28(54)21-52/h4-9,14-16,18,28,54H,10-13,19-22H2,1-3H3,(H,55,56)(H,48,50,51)/t28-,41-/m1/s1. The van der Waals surface area contributed by atoms with E-state index in [0.29, 0.717) is 91.5 Å². The van der Waals surface area contributed by atoms with Gasteiger partial charge in [-0.3, -0.25) is 19.6 Å². The number of nitriles is 1. The molecule has 6 aromatic rings. The number of aromatic nitrogens is 4. The molecular formula is C42H39F3N8O4. The number of alkyl halides is 3. The third-order valence-corrected chi connectivity index (χ3v) is 11.1. The number of anilines is 2. The minimum Gasteiger partial charge on any atom is -0.481 e. The maximum absolute atomic E-state index is 14.1. The van der Waals surface area contributed by atoms with Crippen LogP contribution >= 0.6 is 0 Å². The Bertz CT molecular complexity index is 2600. The number of halogens is 3. The molecule has 15 heteroatoms. The number of carboxylic acid groups (broad SMARTS) is 1. The lowest BCUT2D eigenvalue weighted by atomic mass is 9.90. The first-order valence-electron chi connectivity index (χ1n) is 18.6. The lowest BCUT2D eigenvalue weighted by Crippen LogP contribution is -2.31. The molecule has 0 amide bonds. The first kappa shape index (κ1) is 37.9. The van der Waals surface area contributed by atoms with Crippen molar-refractivity contribution in [1.29, 1.82) is 5.26 Å². The van der Waals surface area contributed by atoms with Crippen molar-refractivity contribution in [3.8, 4) is 28.7 Å². The zero-order valence-corrected chi connectivity index (χ0v) is 31.5. The summed E-state index contributed by atoms with van der Waals surface area (Å²) in [6, 6.07) is 18.6. The Kier molecular flexibility index (Phi) is 9.67. The molecule has 2 aliphatic heterocycles. The summed E-state index contributed by atoms with van der Waals surface area (Å²) in [7, 11) is 0. The molecule has 2 aliphatic rings. The van der Waals surface area contributed by atoms with Crippen molar-refractivity contribution in [3.05, 3.63) is 94.4 Å². The Morgan fingerprint density at radius 3 is 2.40 bits per heavy atom. The highest BCUT2D eigenvalue weighted by Gasteiger charge is 2.40. The number of carbonyl (C=O) groups is 1. The third-order valence-electron chi connectivity index (χ3n) is 11.1. The van der Waals surface area contributed by atoms with Gasteiger partial charge < -0.3 is 19.9 Å². The average molecular weight is 777 g/mol. The van der Waals surface area contributed by atoms with E-state index in [9.17, 15) is 33.4 Å². The second-order valence-electron chi connectivity index (χ2n) is 15.3. The summed E-state index contributed by atoms with van der Waals surface area (Å²) in [4.78, 5) is 32.9. The van der Waals surface area contributed by atoms with Crippen molar-refractivity contribution in [2.75, 3.05) is 31.5 Å². The van der Waals surface area contributed by atoms with Crippen molar-refractivity contribution >= 4 is 39.6 Å². The molecule has 12 nitrogen and oxygen atoms in total. The van der Waals surface area contributed by atoms with Gasteiger partial charge in [0, 0.05) is 50.2 Å². The number of rotatable bonds is 9. The van der Waals surface area contributed by atoms with Gasteiger partial charge in [0.15, 0.2) is 11.4 Å². The molecule has 5 heterocycles. The number of nitrogens with zero attached hydrogens (tertiary/aromatic N) is 7. The molecule has 2 atom stereocenters. The molecule has 3 aromatic heterocycles. The van der Waals surface area contributed by atoms with Crippen LogP contribution in [0.1, 0.15) is 53.4 Å². The van der Waals surface area contributed by atoms with E-state index in [1.165, 1.54) is 0 Å². The number of aliphatic hydroxyl groups excluding tert-OH is 1. The molecule has 0 bridgehead atoms. The molecule has 0 radical (unpaired) electrons. The predicted octanol–water partition coefficient (Wildman–Crippen LogP) is 7.61. The third kappa shape index (κ3) is 7.39. The number of hydrogen-bond acceptors (Lipinski definition) is 11. The Morgan fingerprint density at radius 2 is 1.70 bits per heavy atom. The number of aliphatic carboxylic acids is 1. The van der Waals surface area contributed by atoms with Crippen molar-refractivity contribution in [2.24, 2.45) is 5.41 Å². The van der Waals surface area contributed by atoms with E-state index >= 15 is 0 Å². The van der Waals surface area contributed by atoms with E-state index in [-0.39, 0.29) is 16.9 Å². The zero-order valence-electron chi connectivity index (χ0n) is 31.5. The highest BCUT2D eigenvalue weighted by Crippen LogP contribution is 2.39. The predicted molar refractivity (Wildman–Crippen MR) is 206 cm³/mol. The highest BCUT2D eigenvalue weighted by atomic mass is 19.4. The lowest BCUT2D eigenvalue weighted by molar-refractivity contribution is -0.147. The van der Waals surface area contributed by atoms with E-state index in [4.69, 9.17) is 9.40 Å². The fourth-order valence-corrected chi connectivity index (χ4v) is 7.93. The maximum atomic E-state index is 14.1. The largest absolute Gasteiger partial charge is 0.481 e. The fourth-order valence-electron chi connectivity index (χ4n) is 7.93. The normalized spacial score (nSPS) is 19.1. The van der Waals surface area contributed by atoms with Gasteiger partial charge in [0.25, 0.3) is 0 Å². The molecule has 0 unspecified atom stereocenters. The van der Waals surface area contributed by atoms with Crippen LogP contribution in [0.5, 0.6) is 0 Å². The highest BCUT2D eigenvalue weighted by molar-refractivity contribution is 5.90. The maximum Gasteiger partial charge on any atom is 0.451 e. The molecule has 292 valence electrons. The fraction of sp³-hybridized carbons (Fsp3) is 0.333. The number of aliphatic hydroxyl groups is 1. The molecule has 3 aromatic carbocycles. The minimum atomic E-state index is -4.80. The summed E-state index contributed by atoms with van der Waals surface area (Å²) in [6.45, 7) is 8.63. The summed E-state index contributed by atoms with van der Waals surface area (Å²) < 4.78 is 48.5. The van der Waals surface area contributed by atoms with Crippen LogP contribution in [-0.2, 0) is 24.1 Å². The van der Waals surface area contributed by atoms with Gasteiger partial charge in [-0.25, -0.2) is 15.0 Å². The van der Waals surface area contributed by atoms with Gasteiger partial charge in [-0.05, 0) is 104 Å². The number of fused-ring (bicyclic) bond motifs is 2. The Hall–Kier alpha value is -5.95. The van der Waals surface area contributed by atoms with Gasteiger partial charge in [0.2, 0.25) is 11.7 Å². The van der Waals surface area contributed by atoms with Crippen LogP contribution < -0.4 is 5.32 Å². The zero-order chi connectivity index (χ0) is 40.2. The number of β-amino-alcohol motifs (C(OH)–C–C–N with tert-alkyl or cyclic N) is 1. The molecular weight excluding hydrogens is 738 g/mol. The van der Waals surface area contributed by atoms with E-state index in [1.54, 1.807) is 37.4 Å². The van der Waals surface area contributed by atoms with Gasteiger partial charge in [0.1, 0.15) is 17.1 Å². The van der Waals surface area contributed by atoms with E-state index in [0.717, 1.165) is 27.8 Å². The molecule has 3 N–H and O–H groups in total. The topological polar surface area (TPSA) is 165 Å². The monoisotopic (exact) mass is 776 g/mol. The molecule has 2 fully saturated rings. The number of benzene rings is 3. The molecule has 2 saturated heterocycles. The smallest absolute Gasteiger partial charge is 0.451 e. The summed E-state index contributed by atoms with van der Waals surface area (Å²) in [5.74, 6) is -1.87. The summed E-state index contributed by atoms with van der Waals surface area (Å²) >= 11 is 0. The molecule has 0 saturated carbocycles. The second kappa shape index (κ2) is 14.5. The van der Waals surface area contributed by atoms with Crippen molar-refractivity contribution in [1.82, 2.24) is 29.7 Å². The van der Waals surface area contributed by atoms with Crippen molar-refractivity contribution in [2.45, 2.75) is 59.0 Å². The Morgan fingerprint density at radius 1 is 0.982 bits per heavy atom. The second-order valence-corrected chi connectivity index (χ2v) is 15.3. The van der Waals surface area contributed by atoms with Crippen LogP contribution in [0.2, 0.25) is 0 Å². The number of nitrogens with one attached hydrogen (secondary N) is 1. The summed E-state index contributed by atoms with van der Waals surface area (Å²) in [6.07, 6.45) is -2.45. The SMILES string of the molecule is Cc1c(Nc2nc(C(F)(F)F)nc3cc(CN4CC[C@@H](O)C4)cnc23)cccc1-c1cccc(-c2nc3cc(CN4CC[C@@](C)(C(=O)O)C4)cc(C#N)c3o2)c1C. The van der Waals surface area contributed by atoms with Crippen LogP contribution in [0, 0.1) is 30.6 Å². The minimum absolute atomic E-state index is 0.0525. The molecule has 57 heavy (non-hydrogen) atoms. The number of hydrogen-bond donors (Lipinski definition) is 3. The van der Waals surface area contributed by atoms with Crippen LogP contribution in [0.4, 0.5) is 24.7 Å². The first-order valence-corrected chi connectivity index (χ1v) is 18.6.